The predicted octanol–water partition coefficient (Wildman–Crippen LogP) is 0.839. The lowest BCUT2D eigenvalue weighted by molar-refractivity contribution is 0.973. The van der Waals surface area contributed by atoms with Crippen molar-refractivity contribution in [2.75, 3.05) is 5.73 Å². The van der Waals surface area contributed by atoms with Crippen LogP contribution in [0.1, 0.15) is 10.6 Å². The van der Waals surface area contributed by atoms with Gasteiger partial charge in [-0.25, -0.2) is 5.10 Å². The SMILES string of the molecule is Cc1nnsc1CSc1n[nH]c(N)n1. The molecule has 0 aromatic carbocycles. The third-order valence-corrected chi connectivity index (χ3v) is 3.44. The van der Waals surface area contributed by atoms with Crippen LogP contribution in [0.15, 0.2) is 5.16 Å². The van der Waals surface area contributed by atoms with Gasteiger partial charge in [-0.3, -0.25) is 0 Å². The maximum Gasteiger partial charge on any atom is 0.216 e. The predicted molar refractivity (Wildman–Crippen MR) is 55.0 cm³/mol. The van der Waals surface area contributed by atoms with Crippen molar-refractivity contribution in [2.24, 2.45) is 0 Å². The van der Waals surface area contributed by atoms with Crippen molar-refractivity contribution in [3.63, 3.8) is 0 Å². The Bertz CT molecular complexity index is 421. The largest absolute Gasteiger partial charge is 0.368 e. The molecule has 2 aromatic rings. The molecule has 0 aliphatic heterocycles. The van der Waals surface area contributed by atoms with Crippen LogP contribution >= 0.6 is 23.3 Å². The highest BCUT2D eigenvalue weighted by molar-refractivity contribution is 7.98. The van der Waals surface area contributed by atoms with Crippen LogP contribution in [-0.2, 0) is 5.75 Å². The molecular weight excluding hydrogens is 220 g/mol. The van der Waals surface area contributed by atoms with Gasteiger partial charge in [-0.1, -0.05) is 16.3 Å². The molecule has 0 fully saturated rings. The van der Waals surface area contributed by atoms with Crippen molar-refractivity contribution >= 4 is 29.2 Å². The minimum absolute atomic E-state index is 0.339. The van der Waals surface area contributed by atoms with Crippen LogP contribution in [0.2, 0.25) is 0 Å². The Labute approximate surface area is 88.5 Å². The van der Waals surface area contributed by atoms with E-state index in [4.69, 9.17) is 5.73 Å². The first-order valence-electron chi connectivity index (χ1n) is 3.84. The summed E-state index contributed by atoms with van der Waals surface area (Å²) in [5, 5.41) is 11.1. The number of aryl methyl sites for hydroxylation is 1. The zero-order chi connectivity index (χ0) is 9.97. The Kier molecular flexibility index (Phi) is 2.64. The van der Waals surface area contributed by atoms with Crippen molar-refractivity contribution < 1.29 is 0 Å². The average Bonchev–Trinajstić information content (AvgIpc) is 2.72. The highest BCUT2D eigenvalue weighted by Crippen LogP contribution is 2.22. The van der Waals surface area contributed by atoms with Crippen LogP contribution < -0.4 is 5.73 Å². The Balaban J connectivity index is 1.98. The van der Waals surface area contributed by atoms with E-state index in [-0.39, 0.29) is 0 Å². The van der Waals surface area contributed by atoms with E-state index >= 15 is 0 Å². The number of nitrogens with two attached hydrogens (primary N) is 1. The summed E-state index contributed by atoms with van der Waals surface area (Å²) in [6, 6.07) is 0. The van der Waals surface area contributed by atoms with E-state index in [0.29, 0.717) is 11.1 Å². The first-order valence-corrected chi connectivity index (χ1v) is 5.60. The third-order valence-electron chi connectivity index (χ3n) is 1.56. The molecule has 0 saturated carbocycles. The molecule has 3 N–H and O–H groups in total. The number of nitrogens with zero attached hydrogens (tertiary/aromatic N) is 4. The molecule has 8 heteroatoms. The van der Waals surface area contributed by atoms with E-state index in [0.717, 1.165) is 16.3 Å². The number of aromatic nitrogens is 5. The monoisotopic (exact) mass is 228 g/mol. The molecule has 0 bridgehead atoms. The molecule has 0 atom stereocenters. The van der Waals surface area contributed by atoms with E-state index in [2.05, 4.69) is 24.8 Å². The Morgan fingerprint density at radius 3 is 3.00 bits per heavy atom. The molecule has 2 heterocycles. The minimum atomic E-state index is 0.339. The van der Waals surface area contributed by atoms with E-state index in [9.17, 15) is 0 Å². The minimum Gasteiger partial charge on any atom is -0.368 e. The zero-order valence-corrected chi connectivity index (χ0v) is 9.02. The summed E-state index contributed by atoms with van der Waals surface area (Å²) >= 11 is 2.91. The lowest BCUT2D eigenvalue weighted by Crippen LogP contribution is -1.85. The van der Waals surface area contributed by atoms with Gasteiger partial charge in [0.25, 0.3) is 0 Å². The maximum atomic E-state index is 5.39. The van der Waals surface area contributed by atoms with Crippen LogP contribution in [0, 0.1) is 6.92 Å². The van der Waals surface area contributed by atoms with Gasteiger partial charge in [-0.05, 0) is 18.5 Å². The van der Waals surface area contributed by atoms with E-state index in [1.54, 1.807) is 0 Å². The second-order valence-electron chi connectivity index (χ2n) is 2.57. The topological polar surface area (TPSA) is 93.4 Å². The average molecular weight is 228 g/mol. The molecule has 0 saturated heterocycles. The standard InChI is InChI=1S/C6H8N6S2/c1-3-4(14-12-9-3)2-13-6-8-5(7)10-11-6/h2H2,1H3,(H3,7,8,10,11). The van der Waals surface area contributed by atoms with Crippen molar-refractivity contribution in [3.8, 4) is 0 Å². The third kappa shape index (κ3) is 2.02. The molecule has 6 nitrogen and oxygen atoms in total. The molecule has 74 valence electrons. The summed E-state index contributed by atoms with van der Waals surface area (Å²) < 4.78 is 3.84. The van der Waals surface area contributed by atoms with E-state index < -0.39 is 0 Å². The number of hydrogen-bond donors (Lipinski definition) is 2. The molecule has 0 aliphatic rings. The fourth-order valence-electron chi connectivity index (χ4n) is 0.836. The molecule has 2 aromatic heterocycles. The summed E-state index contributed by atoms with van der Waals surface area (Å²) in [6.45, 7) is 1.94. The number of rotatable bonds is 3. The van der Waals surface area contributed by atoms with Gasteiger partial charge in [-0.2, -0.15) is 4.98 Å². The lowest BCUT2D eigenvalue weighted by atomic mass is 10.4. The van der Waals surface area contributed by atoms with Gasteiger partial charge in [0.05, 0.1) is 10.6 Å². The van der Waals surface area contributed by atoms with Gasteiger partial charge in [0.15, 0.2) is 0 Å². The normalized spacial score (nSPS) is 10.6. The summed E-state index contributed by atoms with van der Waals surface area (Å²) in [6.07, 6.45) is 0. The Morgan fingerprint density at radius 2 is 2.43 bits per heavy atom. The summed E-state index contributed by atoms with van der Waals surface area (Å²) in [5.74, 6) is 1.12. The molecule has 0 amide bonds. The van der Waals surface area contributed by atoms with Gasteiger partial charge in [0, 0.05) is 5.75 Å². The van der Waals surface area contributed by atoms with Crippen LogP contribution in [0.25, 0.3) is 0 Å². The summed E-state index contributed by atoms with van der Waals surface area (Å²) in [4.78, 5) is 5.12. The van der Waals surface area contributed by atoms with Gasteiger partial charge in [0.2, 0.25) is 11.1 Å². The second-order valence-corrected chi connectivity index (χ2v) is 4.35. The lowest BCUT2D eigenvalue weighted by Gasteiger charge is -1.92. The quantitative estimate of drug-likeness (QED) is 0.756. The molecule has 2 rings (SSSR count). The number of nitrogen functional groups attached to an aromatic ring is 1. The van der Waals surface area contributed by atoms with Crippen LogP contribution in [0.3, 0.4) is 0 Å². The number of aromatic amines is 1. The van der Waals surface area contributed by atoms with E-state index in [1.165, 1.54) is 23.3 Å². The number of anilines is 1. The number of thioether (sulfide) groups is 1. The Hall–Kier alpha value is -1.15. The summed E-state index contributed by atoms with van der Waals surface area (Å²) in [5.41, 5.74) is 6.36. The van der Waals surface area contributed by atoms with Crippen LogP contribution in [-0.4, -0.2) is 24.8 Å². The highest BCUT2D eigenvalue weighted by atomic mass is 32.2. The molecule has 0 radical (unpaired) electrons. The van der Waals surface area contributed by atoms with Crippen molar-refractivity contribution in [2.45, 2.75) is 17.8 Å². The first-order chi connectivity index (χ1) is 6.75. The number of nitrogens with one attached hydrogen (secondary N) is 1. The Morgan fingerprint density at radius 1 is 1.57 bits per heavy atom. The smallest absolute Gasteiger partial charge is 0.216 e. The van der Waals surface area contributed by atoms with Crippen molar-refractivity contribution in [1.82, 2.24) is 24.8 Å². The van der Waals surface area contributed by atoms with Gasteiger partial charge in [-0.15, -0.1) is 10.2 Å². The highest BCUT2D eigenvalue weighted by Gasteiger charge is 2.06. The van der Waals surface area contributed by atoms with Gasteiger partial charge < -0.3 is 5.73 Å². The zero-order valence-electron chi connectivity index (χ0n) is 7.39. The number of H-pyrrole nitrogens is 1. The molecule has 14 heavy (non-hydrogen) atoms. The van der Waals surface area contributed by atoms with Gasteiger partial charge in [0.1, 0.15) is 0 Å². The molecule has 0 unspecified atom stereocenters. The van der Waals surface area contributed by atoms with Gasteiger partial charge >= 0.3 is 0 Å². The first kappa shape index (κ1) is 9.41. The van der Waals surface area contributed by atoms with Crippen molar-refractivity contribution in [1.29, 1.82) is 0 Å². The molecule has 0 aliphatic carbocycles. The fraction of sp³-hybridized carbons (Fsp3) is 0.333. The second kappa shape index (κ2) is 3.93. The molecular formula is C6H8N6S2. The molecule has 0 spiro atoms. The van der Waals surface area contributed by atoms with Crippen molar-refractivity contribution in [3.05, 3.63) is 10.6 Å². The summed E-state index contributed by atoms with van der Waals surface area (Å²) in [7, 11) is 0. The van der Waals surface area contributed by atoms with Crippen LogP contribution in [0.5, 0.6) is 0 Å². The maximum absolute atomic E-state index is 5.39. The number of hydrogen-bond acceptors (Lipinski definition) is 7. The fourth-order valence-corrected chi connectivity index (χ4v) is 2.40. The van der Waals surface area contributed by atoms with Crippen LogP contribution in [0.4, 0.5) is 5.95 Å². The van der Waals surface area contributed by atoms with E-state index in [1.807, 2.05) is 6.92 Å².